The van der Waals surface area contributed by atoms with Crippen LogP contribution in [0, 0.1) is 0 Å². The van der Waals surface area contributed by atoms with Crippen LogP contribution in [0.3, 0.4) is 0 Å². The summed E-state index contributed by atoms with van der Waals surface area (Å²) in [6, 6.07) is 18.4. The second kappa shape index (κ2) is 6.55. The molecule has 0 saturated carbocycles. The van der Waals surface area contributed by atoms with Crippen molar-refractivity contribution < 1.29 is 26.2 Å². The standard InChI is InChI=1S/C12H11O2P.Cu/c13-15(12-9-5-2-6-10-12)14-11-7-3-1-4-8-11;/h1-10,15H;. The van der Waals surface area contributed by atoms with E-state index in [-0.39, 0.29) is 17.1 Å². The summed E-state index contributed by atoms with van der Waals surface area (Å²) < 4.78 is 17.1. The zero-order valence-corrected chi connectivity index (χ0v) is 10.3. The Morgan fingerprint density at radius 2 is 1.31 bits per heavy atom. The van der Waals surface area contributed by atoms with Gasteiger partial charge in [-0.15, -0.1) is 0 Å². The van der Waals surface area contributed by atoms with E-state index in [0.29, 0.717) is 5.75 Å². The molecule has 0 saturated heterocycles. The van der Waals surface area contributed by atoms with Crippen LogP contribution in [-0.4, -0.2) is 0 Å². The topological polar surface area (TPSA) is 26.3 Å². The molecule has 0 fully saturated rings. The van der Waals surface area contributed by atoms with Crippen LogP contribution in [0.5, 0.6) is 5.75 Å². The Balaban J connectivity index is 0.00000128. The van der Waals surface area contributed by atoms with Gasteiger partial charge < -0.3 is 4.52 Å². The molecule has 16 heavy (non-hydrogen) atoms. The van der Waals surface area contributed by atoms with Crippen molar-refractivity contribution in [1.82, 2.24) is 0 Å². The third-order valence-electron chi connectivity index (χ3n) is 1.96. The van der Waals surface area contributed by atoms with Gasteiger partial charge in [0.05, 0.1) is 0 Å². The first-order valence-corrected chi connectivity index (χ1v) is 6.00. The monoisotopic (exact) mass is 281 g/mol. The van der Waals surface area contributed by atoms with E-state index in [1.807, 2.05) is 48.5 Å². The van der Waals surface area contributed by atoms with Gasteiger partial charge in [-0.25, -0.2) is 0 Å². The van der Waals surface area contributed by atoms with Gasteiger partial charge in [0.25, 0.3) is 8.03 Å². The average Bonchev–Trinajstić information content (AvgIpc) is 2.31. The minimum atomic E-state index is -2.17. The van der Waals surface area contributed by atoms with Gasteiger partial charge in [-0.1, -0.05) is 36.4 Å². The first kappa shape index (κ1) is 13.1. The van der Waals surface area contributed by atoms with Gasteiger partial charge in [0.15, 0.2) is 0 Å². The maximum absolute atomic E-state index is 11.8. The zero-order valence-electron chi connectivity index (χ0n) is 8.39. The molecule has 0 aromatic heterocycles. The molecule has 0 spiro atoms. The van der Waals surface area contributed by atoms with Crippen molar-refractivity contribution in [2.75, 3.05) is 0 Å². The van der Waals surface area contributed by atoms with Gasteiger partial charge in [-0.3, -0.25) is 4.57 Å². The van der Waals surface area contributed by atoms with E-state index < -0.39 is 8.03 Å². The fraction of sp³-hybridized carbons (Fsp3) is 0. The summed E-state index contributed by atoms with van der Waals surface area (Å²) in [6.07, 6.45) is 0. The van der Waals surface area contributed by atoms with Crippen molar-refractivity contribution in [3.8, 4) is 5.75 Å². The first-order chi connectivity index (χ1) is 7.36. The van der Waals surface area contributed by atoms with Crippen molar-refractivity contribution in [1.29, 1.82) is 0 Å². The molecule has 0 heterocycles. The summed E-state index contributed by atoms with van der Waals surface area (Å²) in [4.78, 5) is 0. The third-order valence-corrected chi connectivity index (χ3v) is 3.19. The minimum Gasteiger partial charge on any atom is -0.442 e. The normalized spacial score (nSPS) is 11.2. The second-order valence-electron chi connectivity index (χ2n) is 3.07. The maximum atomic E-state index is 11.8. The molecular formula is C12H11CuO2P. The molecule has 2 aromatic rings. The molecule has 0 amide bonds. The van der Waals surface area contributed by atoms with Crippen LogP contribution >= 0.6 is 8.03 Å². The molecule has 0 aliphatic heterocycles. The molecule has 1 radical (unpaired) electrons. The van der Waals surface area contributed by atoms with Crippen molar-refractivity contribution >= 4 is 13.3 Å². The molecule has 0 aliphatic carbocycles. The van der Waals surface area contributed by atoms with Crippen LogP contribution in [0.25, 0.3) is 0 Å². The third kappa shape index (κ3) is 3.53. The number of hydrogen-bond acceptors (Lipinski definition) is 2. The van der Waals surface area contributed by atoms with Crippen molar-refractivity contribution in [3.63, 3.8) is 0 Å². The molecule has 2 aromatic carbocycles. The number of rotatable bonds is 3. The fourth-order valence-electron chi connectivity index (χ4n) is 1.23. The van der Waals surface area contributed by atoms with E-state index in [1.54, 1.807) is 12.1 Å². The van der Waals surface area contributed by atoms with Crippen LogP contribution in [0.4, 0.5) is 0 Å². The second-order valence-corrected chi connectivity index (χ2v) is 4.42. The van der Waals surface area contributed by atoms with Crippen LogP contribution in [0.2, 0.25) is 0 Å². The molecule has 0 aliphatic rings. The number of benzene rings is 2. The molecule has 2 rings (SSSR count). The fourth-order valence-corrected chi connectivity index (χ4v) is 2.16. The van der Waals surface area contributed by atoms with Crippen molar-refractivity contribution in [2.45, 2.75) is 0 Å². The molecular weight excluding hydrogens is 271 g/mol. The smallest absolute Gasteiger partial charge is 0.265 e. The van der Waals surface area contributed by atoms with Gasteiger partial charge in [0.1, 0.15) is 5.75 Å². The van der Waals surface area contributed by atoms with E-state index >= 15 is 0 Å². The Labute approximate surface area is 106 Å². The summed E-state index contributed by atoms with van der Waals surface area (Å²) >= 11 is 0. The quantitative estimate of drug-likeness (QED) is 0.639. The van der Waals surface area contributed by atoms with Gasteiger partial charge in [0, 0.05) is 22.4 Å². The van der Waals surface area contributed by atoms with Gasteiger partial charge >= 0.3 is 0 Å². The molecule has 0 bridgehead atoms. The van der Waals surface area contributed by atoms with Crippen LogP contribution in [0.1, 0.15) is 0 Å². The maximum Gasteiger partial charge on any atom is 0.265 e. The number of para-hydroxylation sites is 1. The summed E-state index contributed by atoms with van der Waals surface area (Å²) in [7, 11) is -2.17. The predicted molar refractivity (Wildman–Crippen MR) is 62.1 cm³/mol. The van der Waals surface area contributed by atoms with E-state index in [0.717, 1.165) is 5.30 Å². The number of hydrogen-bond donors (Lipinski definition) is 0. The Hall–Kier alpha value is -1.01. The molecule has 2 nitrogen and oxygen atoms in total. The van der Waals surface area contributed by atoms with E-state index in [4.69, 9.17) is 4.52 Å². The first-order valence-electron chi connectivity index (χ1n) is 4.68. The summed E-state index contributed by atoms with van der Waals surface area (Å²) in [6.45, 7) is 0. The largest absolute Gasteiger partial charge is 0.442 e. The average molecular weight is 282 g/mol. The molecule has 0 N–H and O–H groups in total. The van der Waals surface area contributed by atoms with Crippen molar-refractivity contribution in [2.24, 2.45) is 0 Å². The van der Waals surface area contributed by atoms with E-state index in [1.165, 1.54) is 0 Å². The predicted octanol–water partition coefficient (Wildman–Crippen LogP) is 2.86. The zero-order chi connectivity index (χ0) is 10.5. The molecule has 1 unspecified atom stereocenters. The Bertz CT molecular complexity index is 445. The Kier molecular flexibility index (Phi) is 5.34. The molecule has 4 heteroatoms. The van der Waals surface area contributed by atoms with Crippen LogP contribution < -0.4 is 9.83 Å². The minimum absolute atomic E-state index is 0. The Morgan fingerprint density at radius 1 is 0.812 bits per heavy atom. The van der Waals surface area contributed by atoms with E-state index in [9.17, 15) is 4.57 Å². The van der Waals surface area contributed by atoms with Gasteiger partial charge in [-0.05, 0) is 24.3 Å². The Morgan fingerprint density at radius 3 is 1.88 bits per heavy atom. The summed E-state index contributed by atoms with van der Waals surface area (Å²) in [5.41, 5.74) is 0. The van der Waals surface area contributed by atoms with E-state index in [2.05, 4.69) is 0 Å². The van der Waals surface area contributed by atoms with Crippen molar-refractivity contribution in [3.05, 3.63) is 60.7 Å². The van der Waals surface area contributed by atoms with Gasteiger partial charge in [0.2, 0.25) is 0 Å². The molecule has 87 valence electrons. The van der Waals surface area contributed by atoms with Crippen LogP contribution in [-0.2, 0) is 21.6 Å². The molecule has 1 atom stereocenters. The summed E-state index contributed by atoms with van der Waals surface area (Å²) in [5, 5.41) is 0.742. The van der Waals surface area contributed by atoms with Gasteiger partial charge in [-0.2, -0.15) is 0 Å². The van der Waals surface area contributed by atoms with Crippen LogP contribution in [0.15, 0.2) is 60.7 Å². The SMILES string of the molecule is O=[PH](Oc1ccccc1)c1ccccc1.[Cu]. The summed E-state index contributed by atoms with van der Waals surface area (Å²) in [5.74, 6) is 0.644.